The maximum absolute atomic E-state index is 6.36. The van der Waals surface area contributed by atoms with Gasteiger partial charge in [0.05, 0.1) is 11.6 Å². The molecule has 1 aliphatic rings. The van der Waals surface area contributed by atoms with Gasteiger partial charge >= 0.3 is 0 Å². The van der Waals surface area contributed by atoms with Crippen LogP contribution in [-0.4, -0.2) is 18.8 Å². The van der Waals surface area contributed by atoms with Crippen molar-refractivity contribution in [3.8, 4) is 0 Å². The Balaban J connectivity index is 2.29. The van der Waals surface area contributed by atoms with E-state index in [0.717, 1.165) is 31.9 Å². The topological polar surface area (TPSA) is 21.3 Å². The third-order valence-corrected chi connectivity index (χ3v) is 4.90. The van der Waals surface area contributed by atoms with Gasteiger partial charge in [-0.2, -0.15) is 0 Å². The van der Waals surface area contributed by atoms with E-state index in [9.17, 15) is 0 Å². The Bertz CT molecular complexity index is 418. The molecule has 0 spiro atoms. The van der Waals surface area contributed by atoms with E-state index in [4.69, 9.17) is 4.74 Å². The second-order valence-corrected chi connectivity index (χ2v) is 6.58. The zero-order valence-electron chi connectivity index (χ0n) is 14.1. The number of aryl methyl sites for hydroxylation is 1. The van der Waals surface area contributed by atoms with Crippen molar-refractivity contribution in [2.75, 3.05) is 13.2 Å². The van der Waals surface area contributed by atoms with Gasteiger partial charge in [0, 0.05) is 6.61 Å². The summed E-state index contributed by atoms with van der Waals surface area (Å²) >= 11 is 0. The Labute approximate surface area is 130 Å². The summed E-state index contributed by atoms with van der Waals surface area (Å²) in [6.07, 6.45) is 4.86. The van der Waals surface area contributed by atoms with Crippen LogP contribution in [0.25, 0.3) is 0 Å². The number of benzene rings is 1. The summed E-state index contributed by atoms with van der Waals surface area (Å²) in [4.78, 5) is 0. The maximum atomic E-state index is 6.36. The van der Waals surface area contributed by atoms with E-state index in [-0.39, 0.29) is 5.60 Å². The van der Waals surface area contributed by atoms with Crippen LogP contribution in [0.1, 0.15) is 63.6 Å². The van der Waals surface area contributed by atoms with Gasteiger partial charge in [0.1, 0.15) is 0 Å². The van der Waals surface area contributed by atoms with Gasteiger partial charge < -0.3 is 10.1 Å². The van der Waals surface area contributed by atoms with Crippen LogP contribution in [0.5, 0.6) is 0 Å². The molecule has 0 saturated heterocycles. The molecule has 0 amide bonds. The zero-order valence-corrected chi connectivity index (χ0v) is 14.1. The lowest BCUT2D eigenvalue weighted by Gasteiger charge is -2.45. The van der Waals surface area contributed by atoms with E-state index < -0.39 is 0 Å². The van der Waals surface area contributed by atoms with Crippen molar-refractivity contribution in [3.63, 3.8) is 0 Å². The Morgan fingerprint density at radius 1 is 1.19 bits per heavy atom. The summed E-state index contributed by atoms with van der Waals surface area (Å²) in [5, 5.41) is 3.70. The monoisotopic (exact) mass is 289 g/mol. The van der Waals surface area contributed by atoms with E-state index in [2.05, 4.69) is 57.3 Å². The highest BCUT2D eigenvalue weighted by molar-refractivity contribution is 5.27. The molecular weight excluding hydrogens is 258 g/mol. The lowest BCUT2D eigenvalue weighted by atomic mass is 9.73. The Kier molecular flexibility index (Phi) is 5.83. The summed E-state index contributed by atoms with van der Waals surface area (Å²) in [6.45, 7) is 10.6. The molecule has 1 aromatic rings. The van der Waals surface area contributed by atoms with Crippen molar-refractivity contribution < 1.29 is 4.74 Å². The van der Waals surface area contributed by atoms with Crippen LogP contribution in [-0.2, 0) is 4.74 Å². The Morgan fingerprint density at radius 2 is 1.81 bits per heavy atom. The predicted molar refractivity (Wildman–Crippen MR) is 89.6 cm³/mol. The molecule has 0 aliphatic heterocycles. The molecule has 1 N–H and O–H groups in total. The second-order valence-electron chi connectivity index (χ2n) is 6.58. The Morgan fingerprint density at radius 3 is 2.33 bits per heavy atom. The van der Waals surface area contributed by atoms with E-state index in [1.165, 1.54) is 24.0 Å². The predicted octanol–water partition coefficient (Wildman–Crippen LogP) is 4.63. The smallest absolute Gasteiger partial charge is 0.0876 e. The summed E-state index contributed by atoms with van der Waals surface area (Å²) < 4.78 is 6.36. The molecule has 0 heterocycles. The first-order valence-corrected chi connectivity index (χ1v) is 8.55. The van der Waals surface area contributed by atoms with E-state index in [1.54, 1.807) is 0 Å². The summed E-state index contributed by atoms with van der Waals surface area (Å²) in [5.41, 5.74) is 2.65. The molecule has 1 atom stereocenters. The number of hydrogen-bond donors (Lipinski definition) is 1. The van der Waals surface area contributed by atoms with Crippen molar-refractivity contribution in [2.45, 2.75) is 65.0 Å². The van der Waals surface area contributed by atoms with Crippen LogP contribution in [0.2, 0.25) is 0 Å². The van der Waals surface area contributed by atoms with Crippen LogP contribution >= 0.6 is 0 Å². The highest BCUT2D eigenvalue weighted by Crippen LogP contribution is 2.43. The van der Waals surface area contributed by atoms with Gasteiger partial charge in [-0.1, -0.05) is 43.7 Å². The molecule has 0 bridgehead atoms. The molecule has 1 aromatic carbocycles. The molecular formula is C19H31NO. The van der Waals surface area contributed by atoms with E-state index in [0.29, 0.717) is 6.04 Å². The van der Waals surface area contributed by atoms with Crippen LogP contribution < -0.4 is 5.32 Å². The molecule has 21 heavy (non-hydrogen) atoms. The van der Waals surface area contributed by atoms with Gasteiger partial charge in [-0.3, -0.25) is 0 Å². The highest BCUT2D eigenvalue weighted by atomic mass is 16.5. The van der Waals surface area contributed by atoms with Gasteiger partial charge in [-0.25, -0.2) is 0 Å². The zero-order chi connectivity index (χ0) is 15.3. The number of hydrogen-bond acceptors (Lipinski definition) is 2. The fourth-order valence-electron chi connectivity index (χ4n) is 3.63. The quantitative estimate of drug-likeness (QED) is 0.824. The summed E-state index contributed by atoms with van der Waals surface area (Å²) in [7, 11) is 0. The van der Waals surface area contributed by atoms with E-state index >= 15 is 0 Å². The van der Waals surface area contributed by atoms with Crippen LogP contribution in [0.4, 0.5) is 0 Å². The summed E-state index contributed by atoms with van der Waals surface area (Å²) in [6, 6.07) is 9.26. The molecule has 2 heteroatoms. The molecule has 0 aromatic heterocycles. The minimum Gasteiger partial charge on any atom is -0.373 e. The fraction of sp³-hybridized carbons (Fsp3) is 0.684. The second kappa shape index (κ2) is 7.42. The minimum absolute atomic E-state index is 0.0352. The number of likely N-dealkylation sites (N-methyl/N-ethyl adjacent to an activating group) is 1. The first-order chi connectivity index (χ1) is 10.1. The fourth-order valence-corrected chi connectivity index (χ4v) is 3.63. The average Bonchev–Trinajstić information content (AvgIpc) is 2.49. The number of ether oxygens (including phenoxy) is 1. The van der Waals surface area contributed by atoms with Crippen LogP contribution in [0, 0.1) is 12.8 Å². The molecule has 0 radical (unpaired) electrons. The number of rotatable bonds is 6. The molecule has 1 saturated carbocycles. The van der Waals surface area contributed by atoms with Gasteiger partial charge in [0.15, 0.2) is 0 Å². The number of nitrogens with one attached hydrogen (secondary N) is 1. The van der Waals surface area contributed by atoms with Crippen molar-refractivity contribution in [1.82, 2.24) is 5.32 Å². The molecule has 1 fully saturated rings. The third-order valence-electron chi connectivity index (χ3n) is 4.90. The first kappa shape index (κ1) is 16.5. The third kappa shape index (κ3) is 3.87. The average molecular weight is 289 g/mol. The SMILES string of the molecule is CCNC(c1ccc(C)cc1)C1(OCC)CCC(C)CC1. The van der Waals surface area contributed by atoms with Crippen LogP contribution in [0.15, 0.2) is 24.3 Å². The van der Waals surface area contributed by atoms with Gasteiger partial charge in [0.25, 0.3) is 0 Å². The Hall–Kier alpha value is -0.860. The van der Waals surface area contributed by atoms with Crippen molar-refractivity contribution in [3.05, 3.63) is 35.4 Å². The standard InChI is InChI=1S/C19H31NO/c1-5-20-18(17-9-7-15(3)8-10-17)19(21-6-2)13-11-16(4)12-14-19/h7-10,16,18,20H,5-6,11-14H2,1-4H3. The maximum Gasteiger partial charge on any atom is 0.0876 e. The van der Waals surface area contributed by atoms with Crippen molar-refractivity contribution >= 4 is 0 Å². The minimum atomic E-state index is -0.0352. The largest absolute Gasteiger partial charge is 0.373 e. The molecule has 2 nitrogen and oxygen atoms in total. The van der Waals surface area contributed by atoms with Crippen molar-refractivity contribution in [1.29, 1.82) is 0 Å². The van der Waals surface area contributed by atoms with Crippen LogP contribution in [0.3, 0.4) is 0 Å². The molecule has 1 unspecified atom stereocenters. The molecule has 118 valence electrons. The van der Waals surface area contributed by atoms with Gasteiger partial charge in [0.2, 0.25) is 0 Å². The lowest BCUT2D eigenvalue weighted by Crippen LogP contribution is -2.48. The van der Waals surface area contributed by atoms with Crippen molar-refractivity contribution in [2.24, 2.45) is 5.92 Å². The van der Waals surface area contributed by atoms with Gasteiger partial charge in [-0.05, 0) is 57.6 Å². The van der Waals surface area contributed by atoms with E-state index in [1.807, 2.05) is 0 Å². The van der Waals surface area contributed by atoms with Gasteiger partial charge in [-0.15, -0.1) is 0 Å². The molecule has 1 aliphatic carbocycles. The normalized spacial score (nSPS) is 27.5. The first-order valence-electron chi connectivity index (χ1n) is 8.55. The molecule has 2 rings (SSSR count). The summed E-state index contributed by atoms with van der Waals surface area (Å²) in [5.74, 6) is 0.832. The highest BCUT2D eigenvalue weighted by Gasteiger charge is 2.42. The lowest BCUT2D eigenvalue weighted by molar-refractivity contribution is -0.0973.